The molecule has 0 bridgehead atoms. The molecule has 1 N–H and O–H groups in total. The van der Waals surface area contributed by atoms with E-state index in [1.165, 1.54) is 11.0 Å². The van der Waals surface area contributed by atoms with Gasteiger partial charge in [0.05, 0.1) is 16.5 Å². The average molecular weight is 488 g/mol. The Bertz CT molecular complexity index is 1320. The molecule has 1 atom stereocenters. The van der Waals surface area contributed by atoms with E-state index in [0.29, 0.717) is 28.6 Å². The van der Waals surface area contributed by atoms with E-state index < -0.39 is 10.8 Å². The van der Waals surface area contributed by atoms with E-state index >= 15 is 0 Å². The second kappa shape index (κ2) is 10.2. The van der Waals surface area contributed by atoms with Crippen LogP contribution in [0, 0.1) is 29.9 Å². The largest absolute Gasteiger partial charge is 0.457 e. The summed E-state index contributed by atoms with van der Waals surface area (Å²) in [6, 6.07) is 17.9. The number of anilines is 2. The van der Waals surface area contributed by atoms with E-state index in [9.17, 15) is 19.7 Å². The first-order valence-electron chi connectivity index (χ1n) is 11.9. The van der Waals surface area contributed by atoms with Gasteiger partial charge >= 0.3 is 0 Å². The van der Waals surface area contributed by atoms with Crippen molar-refractivity contribution in [2.24, 2.45) is 5.92 Å². The van der Waals surface area contributed by atoms with Crippen LogP contribution in [0.3, 0.4) is 0 Å². The van der Waals surface area contributed by atoms with Crippen molar-refractivity contribution in [3.8, 4) is 11.5 Å². The molecule has 3 aromatic rings. The standard InChI is InChI=1S/C28H29N3O5/c1-17(2)24-12-5-18(3)13-26(24)36-23-10-7-21(8-11-23)29-28(33)20-14-27(32)30(16-20)22-9-6-19(4)25(15-22)31(34)35/h5-13,15,17,20H,14,16H2,1-4H3,(H,29,33)/t20-/m1/s1. The van der Waals surface area contributed by atoms with E-state index in [4.69, 9.17) is 4.74 Å². The SMILES string of the molecule is Cc1ccc(C(C)C)c(Oc2ccc(NC(=O)[C@@H]3CC(=O)N(c4ccc(C)c([N+](=O)[O-])c4)C3)cc2)c1. The number of aryl methyl sites for hydroxylation is 2. The molecular formula is C28H29N3O5. The lowest BCUT2D eigenvalue weighted by Gasteiger charge is -2.17. The minimum atomic E-state index is -0.560. The number of hydrogen-bond acceptors (Lipinski definition) is 5. The van der Waals surface area contributed by atoms with Crippen LogP contribution in [0.2, 0.25) is 0 Å². The topological polar surface area (TPSA) is 102 Å². The smallest absolute Gasteiger partial charge is 0.274 e. The number of ether oxygens (including phenoxy) is 1. The van der Waals surface area contributed by atoms with Gasteiger partial charge in [-0.2, -0.15) is 0 Å². The number of nitrogens with zero attached hydrogens (tertiary/aromatic N) is 2. The van der Waals surface area contributed by atoms with Gasteiger partial charge in [0.2, 0.25) is 11.8 Å². The molecule has 1 aliphatic heterocycles. The van der Waals surface area contributed by atoms with E-state index in [2.05, 4.69) is 31.3 Å². The van der Waals surface area contributed by atoms with Crippen LogP contribution in [0.1, 0.15) is 42.9 Å². The zero-order chi connectivity index (χ0) is 26.0. The van der Waals surface area contributed by atoms with E-state index in [-0.39, 0.29) is 30.5 Å². The third-order valence-electron chi connectivity index (χ3n) is 6.34. The zero-order valence-electron chi connectivity index (χ0n) is 20.8. The third kappa shape index (κ3) is 5.38. The Morgan fingerprint density at radius 2 is 1.81 bits per heavy atom. The molecule has 1 saturated heterocycles. The summed E-state index contributed by atoms with van der Waals surface area (Å²) in [5.41, 5.74) is 3.70. The van der Waals surface area contributed by atoms with Crippen LogP contribution in [-0.4, -0.2) is 23.3 Å². The highest BCUT2D eigenvalue weighted by atomic mass is 16.6. The van der Waals surface area contributed by atoms with Gasteiger partial charge in [-0.1, -0.05) is 32.0 Å². The average Bonchev–Trinajstić information content (AvgIpc) is 3.22. The molecule has 0 saturated carbocycles. The molecule has 0 aromatic heterocycles. The third-order valence-corrected chi connectivity index (χ3v) is 6.34. The summed E-state index contributed by atoms with van der Waals surface area (Å²) in [7, 11) is 0. The molecule has 186 valence electrons. The van der Waals surface area contributed by atoms with Crippen LogP contribution in [0.25, 0.3) is 0 Å². The van der Waals surface area contributed by atoms with Crippen molar-refractivity contribution in [1.82, 2.24) is 0 Å². The number of carbonyl (C=O) groups is 2. The molecule has 0 unspecified atom stereocenters. The van der Waals surface area contributed by atoms with Crippen molar-refractivity contribution in [1.29, 1.82) is 0 Å². The van der Waals surface area contributed by atoms with Gasteiger partial charge in [0, 0.05) is 30.3 Å². The molecule has 1 fully saturated rings. The van der Waals surface area contributed by atoms with Crippen LogP contribution in [0.15, 0.2) is 60.7 Å². The van der Waals surface area contributed by atoms with Gasteiger partial charge in [-0.15, -0.1) is 0 Å². The maximum Gasteiger partial charge on any atom is 0.274 e. The van der Waals surface area contributed by atoms with Crippen molar-refractivity contribution in [2.45, 2.75) is 40.0 Å². The van der Waals surface area contributed by atoms with Gasteiger partial charge in [-0.05, 0) is 67.3 Å². The quantitative estimate of drug-likeness (QED) is 0.320. The van der Waals surface area contributed by atoms with Crippen molar-refractivity contribution in [3.05, 3.63) is 87.5 Å². The Morgan fingerprint density at radius 3 is 2.47 bits per heavy atom. The van der Waals surface area contributed by atoms with Crippen LogP contribution in [-0.2, 0) is 9.59 Å². The molecule has 8 heteroatoms. The van der Waals surface area contributed by atoms with Crippen molar-refractivity contribution < 1.29 is 19.2 Å². The van der Waals surface area contributed by atoms with Gasteiger partial charge in [-0.25, -0.2) is 0 Å². The number of amides is 2. The summed E-state index contributed by atoms with van der Waals surface area (Å²) >= 11 is 0. The highest BCUT2D eigenvalue weighted by molar-refractivity contribution is 6.03. The van der Waals surface area contributed by atoms with E-state index in [0.717, 1.165) is 16.9 Å². The lowest BCUT2D eigenvalue weighted by atomic mass is 10.0. The highest BCUT2D eigenvalue weighted by Gasteiger charge is 2.35. The fourth-order valence-electron chi connectivity index (χ4n) is 4.28. The molecule has 0 radical (unpaired) electrons. The van der Waals surface area contributed by atoms with E-state index in [1.807, 2.05) is 13.0 Å². The van der Waals surface area contributed by atoms with Crippen LogP contribution in [0.5, 0.6) is 11.5 Å². The molecule has 0 spiro atoms. The summed E-state index contributed by atoms with van der Waals surface area (Å²) < 4.78 is 6.11. The van der Waals surface area contributed by atoms with Gasteiger partial charge < -0.3 is 15.0 Å². The number of hydrogen-bond donors (Lipinski definition) is 1. The van der Waals surface area contributed by atoms with Gasteiger partial charge in [-0.3, -0.25) is 19.7 Å². The molecular weight excluding hydrogens is 458 g/mol. The number of carbonyl (C=O) groups excluding carboxylic acids is 2. The van der Waals surface area contributed by atoms with Crippen LogP contribution in [0.4, 0.5) is 17.1 Å². The predicted molar refractivity (Wildman–Crippen MR) is 139 cm³/mol. The first kappa shape index (κ1) is 24.9. The normalized spacial score (nSPS) is 15.3. The van der Waals surface area contributed by atoms with Gasteiger partial charge in [0.15, 0.2) is 0 Å². The molecule has 36 heavy (non-hydrogen) atoms. The first-order valence-corrected chi connectivity index (χ1v) is 11.9. The van der Waals surface area contributed by atoms with Gasteiger partial charge in [0.1, 0.15) is 11.5 Å². The summed E-state index contributed by atoms with van der Waals surface area (Å²) in [4.78, 5) is 37.7. The predicted octanol–water partition coefficient (Wildman–Crippen LogP) is 6.12. The minimum Gasteiger partial charge on any atom is -0.457 e. The fraction of sp³-hybridized carbons (Fsp3) is 0.286. The summed E-state index contributed by atoms with van der Waals surface area (Å²) in [6.45, 7) is 8.06. The number of nitrogens with one attached hydrogen (secondary N) is 1. The lowest BCUT2D eigenvalue weighted by Crippen LogP contribution is -2.28. The molecule has 4 rings (SSSR count). The molecule has 8 nitrogen and oxygen atoms in total. The molecule has 1 aliphatic rings. The van der Waals surface area contributed by atoms with Crippen LogP contribution < -0.4 is 15.0 Å². The zero-order valence-corrected chi connectivity index (χ0v) is 20.8. The second-order valence-corrected chi connectivity index (χ2v) is 9.44. The Kier molecular flexibility index (Phi) is 7.05. The summed E-state index contributed by atoms with van der Waals surface area (Å²) in [5.74, 6) is 0.706. The fourth-order valence-corrected chi connectivity index (χ4v) is 4.28. The Balaban J connectivity index is 1.41. The Morgan fingerprint density at radius 1 is 1.08 bits per heavy atom. The number of benzene rings is 3. The molecule has 2 amide bonds. The van der Waals surface area contributed by atoms with Gasteiger partial charge in [0.25, 0.3) is 5.69 Å². The maximum absolute atomic E-state index is 12.9. The maximum atomic E-state index is 12.9. The second-order valence-electron chi connectivity index (χ2n) is 9.44. The van der Waals surface area contributed by atoms with Crippen LogP contribution >= 0.6 is 0 Å². The molecule has 0 aliphatic carbocycles. The Hall–Kier alpha value is -4.20. The lowest BCUT2D eigenvalue weighted by molar-refractivity contribution is -0.385. The van der Waals surface area contributed by atoms with Crippen molar-refractivity contribution in [2.75, 3.05) is 16.8 Å². The minimum absolute atomic E-state index is 0.0417. The summed E-state index contributed by atoms with van der Waals surface area (Å²) in [6.07, 6.45) is 0.0417. The highest BCUT2D eigenvalue weighted by Crippen LogP contribution is 2.33. The Labute approximate surface area is 210 Å². The molecule has 1 heterocycles. The summed E-state index contributed by atoms with van der Waals surface area (Å²) in [5, 5.41) is 14.1. The monoisotopic (exact) mass is 487 g/mol. The number of rotatable bonds is 7. The number of nitro groups is 1. The van der Waals surface area contributed by atoms with E-state index in [1.54, 1.807) is 43.3 Å². The van der Waals surface area contributed by atoms with Crippen molar-refractivity contribution >= 4 is 28.9 Å². The van der Waals surface area contributed by atoms with Crippen molar-refractivity contribution in [3.63, 3.8) is 0 Å². The molecule has 3 aromatic carbocycles. The first-order chi connectivity index (χ1) is 17.1. The number of nitro benzene ring substituents is 1.